The van der Waals surface area contributed by atoms with Crippen LogP contribution in [-0.4, -0.2) is 82.3 Å². The van der Waals surface area contributed by atoms with Gasteiger partial charge in [0.25, 0.3) is 0 Å². The van der Waals surface area contributed by atoms with Crippen LogP contribution in [0, 0.1) is 24.0 Å². The quantitative estimate of drug-likeness (QED) is 0.139. The molecule has 4 atom stereocenters. The molecule has 0 bridgehead atoms. The number of rotatable bonds is 6. The van der Waals surface area contributed by atoms with E-state index in [0.717, 1.165) is 42.9 Å². The largest absolute Gasteiger partial charge is 0.461 e. The maximum absolute atomic E-state index is 16.9. The van der Waals surface area contributed by atoms with Gasteiger partial charge in [-0.05, 0) is 57.0 Å². The van der Waals surface area contributed by atoms with Crippen molar-refractivity contribution in [2.24, 2.45) is 0 Å². The first-order chi connectivity index (χ1) is 23.0. The van der Waals surface area contributed by atoms with Crippen molar-refractivity contribution in [3.8, 4) is 17.1 Å². The van der Waals surface area contributed by atoms with E-state index in [1.165, 1.54) is 12.1 Å². The number of halogens is 4. The van der Waals surface area contributed by atoms with Gasteiger partial charge in [-0.3, -0.25) is 9.69 Å². The van der Waals surface area contributed by atoms with Gasteiger partial charge in [-0.25, -0.2) is 22.4 Å². The molecule has 250 valence electrons. The molecule has 0 spiro atoms. The molecule has 9 nitrogen and oxygen atoms in total. The number of nitrogen functional groups attached to an aromatic ring is 1. The van der Waals surface area contributed by atoms with Crippen molar-refractivity contribution in [3.63, 3.8) is 0 Å². The van der Waals surface area contributed by atoms with Crippen molar-refractivity contribution >= 4 is 54.7 Å². The van der Waals surface area contributed by atoms with E-state index in [1.807, 2.05) is 18.7 Å². The van der Waals surface area contributed by atoms with Crippen molar-refractivity contribution in [1.29, 1.82) is 0 Å². The zero-order valence-electron chi connectivity index (χ0n) is 26.4. The molecule has 5 heterocycles. The lowest BCUT2D eigenvalue weighted by Gasteiger charge is -2.44. The molecule has 7 rings (SSSR count). The maximum Gasteiger partial charge on any atom is 0.319 e. The summed E-state index contributed by atoms with van der Waals surface area (Å²) in [7, 11) is 0. The molecule has 3 saturated heterocycles. The molecule has 2 N–H and O–H groups in total. The van der Waals surface area contributed by atoms with E-state index in [0.29, 0.717) is 26.1 Å². The zero-order valence-corrected chi connectivity index (χ0v) is 27.2. The van der Waals surface area contributed by atoms with E-state index >= 15 is 8.78 Å². The molecule has 2 aromatic carbocycles. The van der Waals surface area contributed by atoms with Gasteiger partial charge in [0.2, 0.25) is 11.6 Å². The molecule has 2 aromatic heterocycles. The fraction of sp³-hybridized carbons (Fsp3) is 0.412. The molecular weight excluding hydrogens is 646 g/mol. The van der Waals surface area contributed by atoms with Gasteiger partial charge in [-0.2, -0.15) is 9.97 Å². The number of carbonyl (C=O) groups excluding carboxylic acids is 1. The Labute approximate surface area is 278 Å². The van der Waals surface area contributed by atoms with Crippen LogP contribution in [0.25, 0.3) is 37.0 Å². The van der Waals surface area contributed by atoms with Crippen LogP contribution in [0.2, 0.25) is 0 Å². The Balaban J connectivity index is 1.39. The molecule has 3 fully saturated rings. The van der Waals surface area contributed by atoms with Crippen molar-refractivity contribution in [3.05, 3.63) is 59.7 Å². The second-order valence-electron chi connectivity index (χ2n) is 12.9. The number of nitrogens with zero attached hydrogens (tertiary/aromatic N) is 6. The Morgan fingerprint density at radius 1 is 1.21 bits per heavy atom. The van der Waals surface area contributed by atoms with Crippen LogP contribution in [0.3, 0.4) is 0 Å². The number of aromatic nitrogens is 2. The molecule has 48 heavy (non-hydrogen) atoms. The number of nitrogens with two attached hydrogens (primary N) is 1. The molecule has 14 heteroatoms. The van der Waals surface area contributed by atoms with Crippen molar-refractivity contribution in [1.82, 2.24) is 19.8 Å². The molecule has 0 saturated carbocycles. The highest BCUT2D eigenvalue weighted by Crippen LogP contribution is 2.48. The van der Waals surface area contributed by atoms with Crippen LogP contribution in [0.4, 0.5) is 34.1 Å². The lowest BCUT2D eigenvalue weighted by Crippen LogP contribution is -2.58. The minimum absolute atomic E-state index is 0.0140. The van der Waals surface area contributed by atoms with Gasteiger partial charge < -0.3 is 20.3 Å². The second kappa shape index (κ2) is 11.9. The monoisotopic (exact) mass is 679 g/mol. The lowest BCUT2D eigenvalue weighted by atomic mass is 9.95. The van der Waals surface area contributed by atoms with Gasteiger partial charge in [-0.1, -0.05) is 12.6 Å². The SMILES string of the molecule is [C-]#[N+]c1c(N)sc2c(F)ccc(-c3c(F)cc4c(N5CC(C)N(C(=O)C=C)CC5C)nc(OCC56CCCN5CC(F)C6)nc4c3F)c12. The van der Waals surface area contributed by atoms with E-state index in [-0.39, 0.29) is 73.7 Å². The summed E-state index contributed by atoms with van der Waals surface area (Å²) in [6, 6.07) is 2.68. The number of hydrogen-bond acceptors (Lipinski definition) is 8. The van der Waals surface area contributed by atoms with E-state index in [2.05, 4.69) is 26.3 Å². The number of hydrogen-bond donors (Lipinski definition) is 1. The summed E-state index contributed by atoms with van der Waals surface area (Å²) in [5.41, 5.74) is 4.62. The summed E-state index contributed by atoms with van der Waals surface area (Å²) in [6.45, 7) is 16.7. The summed E-state index contributed by atoms with van der Waals surface area (Å²) >= 11 is 0.835. The summed E-state index contributed by atoms with van der Waals surface area (Å²) in [4.78, 5) is 30.7. The molecule has 1 amide bonds. The van der Waals surface area contributed by atoms with Crippen LogP contribution in [0.5, 0.6) is 6.01 Å². The summed E-state index contributed by atoms with van der Waals surface area (Å²) in [5.74, 6) is -2.69. The van der Waals surface area contributed by atoms with E-state index in [4.69, 9.17) is 17.0 Å². The van der Waals surface area contributed by atoms with Crippen molar-refractivity contribution < 1.29 is 27.1 Å². The van der Waals surface area contributed by atoms with Gasteiger partial charge in [-0.15, -0.1) is 11.3 Å². The molecule has 0 radical (unpaired) electrons. The molecule has 3 aliphatic rings. The fourth-order valence-electron chi connectivity index (χ4n) is 7.68. The average Bonchev–Trinajstić information content (AvgIpc) is 3.70. The third kappa shape index (κ3) is 5.02. The number of carbonyl (C=O) groups is 1. The standard InChI is InChI=1S/C34H33F4N7O2S/c1-5-24(46)44-13-18(3)45(14-17(44)2)32-21-11-23(37)25(20-7-8-22(36)30-26(20)29(40-4)31(39)48-30)27(38)28(21)41-33(42-32)47-16-34-9-6-10-43(34)15-19(35)12-34/h5,7-8,11,17-19H,1,6,9-10,12-16,39H2,2-3H3. The highest BCUT2D eigenvalue weighted by atomic mass is 32.1. The highest BCUT2D eigenvalue weighted by Gasteiger charge is 2.49. The number of anilines is 2. The first-order valence-corrected chi connectivity index (χ1v) is 16.6. The number of amides is 1. The Morgan fingerprint density at radius 2 is 2.00 bits per heavy atom. The number of alkyl halides is 1. The molecule has 3 aliphatic heterocycles. The number of benzene rings is 2. The number of thiophene rings is 1. The van der Waals surface area contributed by atoms with Gasteiger partial charge in [0.05, 0.1) is 27.4 Å². The van der Waals surface area contributed by atoms with Crippen LogP contribution in [0.15, 0.2) is 30.9 Å². The number of piperazine rings is 1. The molecule has 0 aliphatic carbocycles. The number of ether oxygens (including phenoxy) is 1. The van der Waals surface area contributed by atoms with Gasteiger partial charge in [0.1, 0.15) is 35.7 Å². The zero-order chi connectivity index (χ0) is 34.1. The van der Waals surface area contributed by atoms with Crippen molar-refractivity contribution in [2.75, 3.05) is 43.4 Å². The Bertz CT molecular complexity index is 2030. The molecule has 4 aromatic rings. The van der Waals surface area contributed by atoms with E-state index in [9.17, 15) is 13.6 Å². The first kappa shape index (κ1) is 32.1. The van der Waals surface area contributed by atoms with Gasteiger partial charge >= 0.3 is 6.01 Å². The minimum Gasteiger partial charge on any atom is -0.461 e. The Kier molecular flexibility index (Phi) is 7.95. The van der Waals surface area contributed by atoms with Crippen molar-refractivity contribution in [2.45, 2.75) is 56.9 Å². The van der Waals surface area contributed by atoms with Crippen LogP contribution < -0.4 is 15.4 Å². The third-order valence-corrected chi connectivity index (χ3v) is 11.0. The minimum atomic E-state index is -1.04. The average molecular weight is 680 g/mol. The summed E-state index contributed by atoms with van der Waals surface area (Å²) in [6.07, 6.45) is 2.20. The van der Waals surface area contributed by atoms with E-state index < -0.39 is 34.7 Å². The third-order valence-electron chi connectivity index (χ3n) is 9.96. The predicted molar refractivity (Wildman–Crippen MR) is 178 cm³/mol. The summed E-state index contributed by atoms with van der Waals surface area (Å²) < 4.78 is 68.7. The molecule has 4 unspecified atom stereocenters. The van der Waals surface area contributed by atoms with Gasteiger partial charge in [0, 0.05) is 48.9 Å². The number of fused-ring (bicyclic) bond motifs is 3. The predicted octanol–water partition coefficient (Wildman–Crippen LogP) is 6.63. The van der Waals surface area contributed by atoms with Crippen LogP contribution in [-0.2, 0) is 4.79 Å². The Morgan fingerprint density at radius 3 is 2.75 bits per heavy atom. The van der Waals surface area contributed by atoms with E-state index in [1.54, 1.807) is 4.90 Å². The smallest absolute Gasteiger partial charge is 0.319 e. The normalized spacial score (nSPS) is 24.3. The fourth-order valence-corrected chi connectivity index (χ4v) is 8.62. The van der Waals surface area contributed by atoms with Crippen LogP contribution in [0.1, 0.15) is 33.1 Å². The summed E-state index contributed by atoms with van der Waals surface area (Å²) in [5, 5.41) is 0.124. The first-order valence-electron chi connectivity index (χ1n) is 15.8. The highest BCUT2D eigenvalue weighted by molar-refractivity contribution is 7.23. The Hall–Kier alpha value is -4.48. The second-order valence-corrected chi connectivity index (χ2v) is 14.0. The van der Waals surface area contributed by atoms with Gasteiger partial charge in [0.15, 0.2) is 5.82 Å². The maximum atomic E-state index is 16.9. The topological polar surface area (TPSA) is 92.2 Å². The van der Waals surface area contributed by atoms with Crippen LogP contribution >= 0.6 is 11.3 Å². The lowest BCUT2D eigenvalue weighted by molar-refractivity contribution is -0.128. The molecular formula is C34H33F4N7O2S.